The lowest BCUT2D eigenvalue weighted by molar-refractivity contribution is -0.120. The smallest absolute Gasteiger partial charge is 0.235 e. The Morgan fingerprint density at radius 1 is 1.75 bits per heavy atom. The number of nitrogens with two attached hydrogens (primary N) is 1. The molecule has 0 radical (unpaired) electrons. The zero-order valence-electron chi connectivity index (χ0n) is 7.59. The lowest BCUT2D eigenvalue weighted by atomic mass is 9.96. The van der Waals surface area contributed by atoms with E-state index in [1.165, 1.54) is 6.42 Å². The molecule has 4 heteroatoms. The molecule has 0 bridgehead atoms. The molecule has 1 saturated heterocycles. The summed E-state index contributed by atoms with van der Waals surface area (Å²) in [6.07, 6.45) is 2.26. The zero-order valence-corrected chi connectivity index (χ0v) is 8.41. The van der Waals surface area contributed by atoms with Gasteiger partial charge in [-0.15, -0.1) is 0 Å². The van der Waals surface area contributed by atoms with Crippen LogP contribution in [0.3, 0.4) is 0 Å². The summed E-state index contributed by atoms with van der Waals surface area (Å²) in [5, 5.41) is 2.99. The molecule has 0 aromatic carbocycles. The Morgan fingerprint density at radius 3 is 2.75 bits per heavy atom. The topological polar surface area (TPSA) is 55.1 Å². The second-order valence-electron chi connectivity index (χ2n) is 3.39. The molecule has 0 aromatic heterocycles. The third-order valence-electron chi connectivity index (χ3n) is 2.43. The maximum Gasteiger partial charge on any atom is 0.235 e. The highest BCUT2D eigenvalue weighted by Gasteiger charge is 2.40. The molecule has 0 spiro atoms. The summed E-state index contributed by atoms with van der Waals surface area (Å²) in [6.45, 7) is 2.11. The van der Waals surface area contributed by atoms with Gasteiger partial charge in [-0.3, -0.25) is 4.79 Å². The average molecular weight is 188 g/mol. The molecular weight excluding hydrogens is 172 g/mol. The number of hydrogen-bond donors (Lipinski definition) is 2. The van der Waals surface area contributed by atoms with Gasteiger partial charge in [0.15, 0.2) is 0 Å². The maximum absolute atomic E-state index is 11.1. The van der Waals surface area contributed by atoms with Gasteiger partial charge in [0.25, 0.3) is 0 Å². The Balaban J connectivity index is 2.69. The van der Waals surface area contributed by atoms with Crippen molar-refractivity contribution in [1.82, 2.24) is 5.32 Å². The molecule has 3 N–H and O–H groups in total. The fourth-order valence-corrected chi connectivity index (χ4v) is 3.22. The molecule has 1 rings (SSSR count). The third kappa shape index (κ3) is 1.75. The molecular formula is C8H16N2OS. The van der Waals surface area contributed by atoms with Crippen LogP contribution in [0.25, 0.3) is 0 Å². The van der Waals surface area contributed by atoms with Gasteiger partial charge in [-0.2, -0.15) is 11.8 Å². The van der Waals surface area contributed by atoms with Crippen molar-refractivity contribution >= 4 is 17.7 Å². The molecule has 1 heterocycles. The van der Waals surface area contributed by atoms with Crippen molar-refractivity contribution in [2.24, 2.45) is 5.73 Å². The molecule has 1 aliphatic heterocycles. The van der Waals surface area contributed by atoms with Gasteiger partial charge in [-0.1, -0.05) is 0 Å². The minimum atomic E-state index is -0.241. The highest BCUT2D eigenvalue weighted by molar-refractivity contribution is 8.01. The van der Waals surface area contributed by atoms with Gasteiger partial charge in [0.2, 0.25) is 5.91 Å². The Bertz CT molecular complexity index is 178. The summed E-state index contributed by atoms with van der Waals surface area (Å²) in [6, 6.07) is -0.190. The van der Waals surface area contributed by atoms with Crippen LogP contribution in [0.15, 0.2) is 0 Å². The largest absolute Gasteiger partial charge is 0.368 e. The van der Waals surface area contributed by atoms with E-state index in [0.717, 1.165) is 12.2 Å². The van der Waals surface area contributed by atoms with Gasteiger partial charge in [-0.25, -0.2) is 0 Å². The van der Waals surface area contributed by atoms with Crippen LogP contribution in [0, 0.1) is 0 Å². The van der Waals surface area contributed by atoms with Gasteiger partial charge in [-0.05, 0) is 32.6 Å². The van der Waals surface area contributed by atoms with Crippen molar-refractivity contribution in [3.05, 3.63) is 0 Å². The summed E-state index contributed by atoms with van der Waals surface area (Å²) in [5.74, 6) is 0.900. The number of nitrogens with one attached hydrogen (secondary N) is 1. The van der Waals surface area contributed by atoms with Crippen molar-refractivity contribution in [2.45, 2.75) is 30.6 Å². The van der Waals surface area contributed by atoms with E-state index in [0.29, 0.717) is 0 Å². The number of carbonyl (C=O) groups excluding carboxylic acids is 1. The first-order valence-electron chi connectivity index (χ1n) is 4.21. The van der Waals surface area contributed by atoms with E-state index in [1.54, 1.807) is 7.05 Å². The maximum atomic E-state index is 11.1. The Kier molecular flexibility index (Phi) is 3.01. The normalized spacial score (nSPS) is 31.8. The quantitative estimate of drug-likeness (QED) is 0.672. The SMILES string of the molecule is CNC(C(N)=O)C1(C)CCCS1. The number of rotatable bonds is 3. The van der Waals surface area contributed by atoms with Crippen LogP contribution in [-0.2, 0) is 4.79 Å². The molecule has 0 aromatic rings. The van der Waals surface area contributed by atoms with E-state index in [-0.39, 0.29) is 16.7 Å². The first-order valence-corrected chi connectivity index (χ1v) is 5.19. The van der Waals surface area contributed by atoms with E-state index >= 15 is 0 Å². The first-order chi connectivity index (χ1) is 5.60. The minimum absolute atomic E-state index is 0.0145. The molecule has 3 nitrogen and oxygen atoms in total. The Morgan fingerprint density at radius 2 is 2.42 bits per heavy atom. The summed E-state index contributed by atoms with van der Waals surface area (Å²) in [4.78, 5) is 11.1. The number of thioether (sulfide) groups is 1. The molecule has 2 atom stereocenters. The van der Waals surface area contributed by atoms with Crippen LogP contribution in [0.1, 0.15) is 19.8 Å². The van der Waals surface area contributed by atoms with E-state index in [9.17, 15) is 4.79 Å². The van der Waals surface area contributed by atoms with E-state index in [1.807, 2.05) is 11.8 Å². The van der Waals surface area contributed by atoms with Crippen LogP contribution in [0.4, 0.5) is 0 Å². The number of carbonyl (C=O) groups is 1. The van der Waals surface area contributed by atoms with Crippen LogP contribution in [0.5, 0.6) is 0 Å². The van der Waals surface area contributed by atoms with Gasteiger partial charge < -0.3 is 11.1 Å². The van der Waals surface area contributed by atoms with Crippen LogP contribution in [0.2, 0.25) is 0 Å². The Labute approximate surface area is 77.5 Å². The molecule has 0 aliphatic carbocycles. The summed E-state index contributed by atoms with van der Waals surface area (Å²) in [5.41, 5.74) is 5.30. The standard InChI is InChI=1S/C8H16N2OS/c1-8(4-3-5-12-8)6(10-2)7(9)11/h6,10H,3-5H2,1-2H3,(H2,9,11). The number of primary amides is 1. The molecule has 1 amide bonds. The molecule has 1 aliphatic rings. The van der Waals surface area contributed by atoms with Crippen molar-refractivity contribution in [2.75, 3.05) is 12.8 Å². The van der Waals surface area contributed by atoms with Crippen molar-refractivity contribution in [1.29, 1.82) is 0 Å². The molecule has 12 heavy (non-hydrogen) atoms. The summed E-state index contributed by atoms with van der Waals surface area (Å²) in [7, 11) is 1.79. The van der Waals surface area contributed by atoms with Gasteiger partial charge in [0.05, 0.1) is 0 Å². The van der Waals surface area contributed by atoms with Gasteiger partial charge in [0, 0.05) is 4.75 Å². The van der Waals surface area contributed by atoms with Gasteiger partial charge in [0.1, 0.15) is 6.04 Å². The zero-order chi connectivity index (χ0) is 9.19. The Hall–Kier alpha value is -0.220. The molecule has 2 unspecified atom stereocenters. The second-order valence-corrected chi connectivity index (χ2v) is 5.02. The fourth-order valence-electron chi connectivity index (χ4n) is 1.78. The van der Waals surface area contributed by atoms with E-state index < -0.39 is 0 Å². The predicted molar refractivity (Wildman–Crippen MR) is 52.1 cm³/mol. The average Bonchev–Trinajstić information content (AvgIpc) is 2.37. The van der Waals surface area contributed by atoms with Crippen molar-refractivity contribution in [3.63, 3.8) is 0 Å². The number of likely N-dealkylation sites (N-methyl/N-ethyl adjacent to an activating group) is 1. The van der Waals surface area contributed by atoms with Crippen LogP contribution < -0.4 is 11.1 Å². The van der Waals surface area contributed by atoms with Gasteiger partial charge >= 0.3 is 0 Å². The van der Waals surface area contributed by atoms with Crippen LogP contribution in [-0.4, -0.2) is 29.5 Å². The fraction of sp³-hybridized carbons (Fsp3) is 0.875. The number of amides is 1. The minimum Gasteiger partial charge on any atom is -0.368 e. The van der Waals surface area contributed by atoms with E-state index in [2.05, 4.69) is 12.2 Å². The predicted octanol–water partition coefficient (Wildman–Crippen LogP) is 0.345. The van der Waals surface area contributed by atoms with Crippen LogP contribution >= 0.6 is 11.8 Å². The van der Waals surface area contributed by atoms with E-state index in [4.69, 9.17) is 5.73 Å². The lowest BCUT2D eigenvalue weighted by Gasteiger charge is -2.30. The first kappa shape index (κ1) is 9.86. The van der Waals surface area contributed by atoms with Crippen molar-refractivity contribution in [3.8, 4) is 0 Å². The molecule has 0 saturated carbocycles. The molecule has 70 valence electrons. The summed E-state index contributed by atoms with van der Waals surface area (Å²) < 4.78 is 0.0145. The summed E-state index contributed by atoms with van der Waals surface area (Å²) >= 11 is 1.84. The number of hydrogen-bond acceptors (Lipinski definition) is 3. The third-order valence-corrected chi connectivity index (χ3v) is 4.03. The highest BCUT2D eigenvalue weighted by Crippen LogP contribution is 2.40. The highest BCUT2D eigenvalue weighted by atomic mass is 32.2. The monoisotopic (exact) mass is 188 g/mol. The molecule has 1 fully saturated rings. The second kappa shape index (κ2) is 3.66. The van der Waals surface area contributed by atoms with Crippen molar-refractivity contribution < 1.29 is 4.79 Å². The lowest BCUT2D eigenvalue weighted by Crippen LogP contribution is -2.52.